The van der Waals surface area contributed by atoms with Gasteiger partial charge in [0.25, 0.3) is 16.8 Å². The van der Waals surface area contributed by atoms with E-state index in [1.165, 1.54) is 0 Å². The third kappa shape index (κ3) is 6.23. The lowest BCUT2D eigenvalue weighted by Crippen LogP contribution is -2.14. The molecule has 2 aromatic carbocycles. The molecule has 0 radical (unpaired) electrons. The largest absolute Gasteiger partial charge is 0.484 e. The van der Waals surface area contributed by atoms with E-state index >= 15 is 0 Å². The van der Waals surface area contributed by atoms with Gasteiger partial charge in [0.1, 0.15) is 5.75 Å². The SMILES string of the molecule is Cc1cc(Cl)ccc1OCc1nnc(SCC(=O)Nc2c(Cl)cc([N+](=O)[O-])cc2Cl)o1. The molecule has 162 valence electrons. The number of amides is 1. The zero-order chi connectivity index (χ0) is 22.5. The van der Waals surface area contributed by atoms with E-state index in [1.807, 2.05) is 6.92 Å². The summed E-state index contributed by atoms with van der Waals surface area (Å²) in [4.78, 5) is 22.4. The van der Waals surface area contributed by atoms with Gasteiger partial charge in [-0.2, -0.15) is 0 Å². The number of anilines is 1. The van der Waals surface area contributed by atoms with Crippen LogP contribution in [0.25, 0.3) is 0 Å². The molecule has 0 aliphatic heterocycles. The lowest BCUT2D eigenvalue weighted by atomic mass is 10.2. The molecule has 0 saturated carbocycles. The first-order valence-corrected chi connectivity index (χ1v) is 10.6. The van der Waals surface area contributed by atoms with Crippen molar-refractivity contribution in [2.75, 3.05) is 11.1 Å². The Labute approximate surface area is 195 Å². The molecule has 3 aromatic rings. The van der Waals surface area contributed by atoms with Gasteiger partial charge in [-0.3, -0.25) is 14.9 Å². The lowest BCUT2D eigenvalue weighted by molar-refractivity contribution is -0.384. The number of thioether (sulfide) groups is 1. The van der Waals surface area contributed by atoms with Gasteiger partial charge in [0.15, 0.2) is 6.61 Å². The first-order valence-electron chi connectivity index (χ1n) is 8.50. The number of ether oxygens (including phenoxy) is 1. The number of halogens is 3. The summed E-state index contributed by atoms with van der Waals surface area (Å²) in [5, 5.41) is 21.7. The third-order valence-corrected chi connectivity index (χ3v) is 5.42. The summed E-state index contributed by atoms with van der Waals surface area (Å²) in [5.41, 5.74) is 0.663. The van der Waals surface area contributed by atoms with Gasteiger partial charge < -0.3 is 14.5 Å². The van der Waals surface area contributed by atoms with E-state index < -0.39 is 10.8 Å². The van der Waals surface area contributed by atoms with E-state index in [4.69, 9.17) is 44.0 Å². The Morgan fingerprint density at radius 2 is 1.94 bits per heavy atom. The minimum Gasteiger partial charge on any atom is -0.484 e. The van der Waals surface area contributed by atoms with Crippen LogP contribution in [-0.2, 0) is 11.4 Å². The van der Waals surface area contributed by atoms with Crippen LogP contribution < -0.4 is 10.1 Å². The molecule has 3 rings (SSSR count). The number of carbonyl (C=O) groups excluding carboxylic acids is 1. The number of rotatable bonds is 8. The van der Waals surface area contributed by atoms with Crippen LogP contribution in [0.4, 0.5) is 11.4 Å². The molecule has 1 aromatic heterocycles. The minimum absolute atomic E-state index is 0.0488. The fourth-order valence-electron chi connectivity index (χ4n) is 2.36. The molecular weight excluding hydrogens is 491 g/mol. The van der Waals surface area contributed by atoms with E-state index in [0.29, 0.717) is 10.8 Å². The number of nitrogens with zero attached hydrogens (tertiary/aromatic N) is 3. The predicted octanol–water partition coefficient (Wildman–Crippen LogP) is 5.56. The highest BCUT2D eigenvalue weighted by Gasteiger charge is 2.17. The van der Waals surface area contributed by atoms with Gasteiger partial charge in [-0.25, -0.2) is 0 Å². The summed E-state index contributed by atoms with van der Waals surface area (Å²) >= 11 is 18.9. The Kier molecular flexibility index (Phi) is 7.60. The Hall–Kier alpha value is -2.53. The first kappa shape index (κ1) is 23.1. The highest BCUT2D eigenvalue weighted by atomic mass is 35.5. The molecule has 1 heterocycles. The molecule has 31 heavy (non-hydrogen) atoms. The van der Waals surface area contributed by atoms with Crippen molar-refractivity contribution in [1.82, 2.24) is 10.2 Å². The van der Waals surface area contributed by atoms with E-state index in [1.54, 1.807) is 18.2 Å². The van der Waals surface area contributed by atoms with Crippen LogP contribution >= 0.6 is 46.6 Å². The van der Waals surface area contributed by atoms with Crippen LogP contribution in [0.3, 0.4) is 0 Å². The predicted molar refractivity (Wildman–Crippen MR) is 117 cm³/mol. The van der Waals surface area contributed by atoms with Crippen molar-refractivity contribution >= 4 is 63.8 Å². The summed E-state index contributed by atoms with van der Waals surface area (Å²) in [6.07, 6.45) is 0. The van der Waals surface area contributed by atoms with Gasteiger partial charge in [0.2, 0.25) is 5.91 Å². The van der Waals surface area contributed by atoms with Crippen LogP contribution in [0.5, 0.6) is 5.75 Å². The van der Waals surface area contributed by atoms with Crippen LogP contribution in [-0.4, -0.2) is 26.8 Å². The van der Waals surface area contributed by atoms with E-state index in [-0.39, 0.29) is 44.9 Å². The maximum atomic E-state index is 12.2. The summed E-state index contributed by atoms with van der Waals surface area (Å²) in [5.74, 6) is 0.324. The number of hydrogen-bond acceptors (Lipinski definition) is 8. The zero-order valence-electron chi connectivity index (χ0n) is 15.7. The van der Waals surface area contributed by atoms with Crippen molar-refractivity contribution in [3.05, 3.63) is 67.0 Å². The van der Waals surface area contributed by atoms with Crippen molar-refractivity contribution < 1.29 is 18.9 Å². The maximum absolute atomic E-state index is 12.2. The molecule has 0 fully saturated rings. The molecule has 0 saturated heterocycles. The quantitative estimate of drug-likeness (QED) is 0.241. The average molecular weight is 504 g/mol. The highest BCUT2D eigenvalue weighted by Crippen LogP contribution is 2.35. The van der Waals surface area contributed by atoms with Crippen molar-refractivity contribution in [2.45, 2.75) is 18.8 Å². The van der Waals surface area contributed by atoms with Gasteiger partial charge in [-0.15, -0.1) is 10.2 Å². The molecule has 0 unspecified atom stereocenters. The van der Waals surface area contributed by atoms with Crippen molar-refractivity contribution in [3.63, 3.8) is 0 Å². The van der Waals surface area contributed by atoms with Crippen LogP contribution in [0.2, 0.25) is 15.1 Å². The molecule has 0 aliphatic carbocycles. The number of nitrogens with one attached hydrogen (secondary N) is 1. The van der Waals surface area contributed by atoms with E-state index in [0.717, 1.165) is 29.5 Å². The standard InChI is InChI=1S/C18H13Cl3N4O5S/c1-9-4-10(19)2-3-14(9)29-7-16-23-24-18(30-16)31-8-15(26)22-17-12(20)5-11(25(27)28)6-13(17)21/h2-6H,7-8H2,1H3,(H,22,26). The average Bonchev–Trinajstić information content (AvgIpc) is 3.16. The number of nitro benzene ring substituents is 1. The molecule has 0 spiro atoms. The Morgan fingerprint density at radius 1 is 1.23 bits per heavy atom. The number of carbonyl (C=O) groups is 1. The minimum atomic E-state index is -0.635. The molecule has 1 N–H and O–H groups in total. The summed E-state index contributed by atoms with van der Waals surface area (Å²) in [6, 6.07) is 7.42. The second kappa shape index (κ2) is 10.2. The Balaban J connectivity index is 1.53. The second-order valence-electron chi connectivity index (χ2n) is 6.04. The number of nitro groups is 1. The summed E-state index contributed by atoms with van der Waals surface area (Å²) < 4.78 is 11.1. The zero-order valence-corrected chi connectivity index (χ0v) is 18.8. The van der Waals surface area contributed by atoms with Gasteiger partial charge >= 0.3 is 0 Å². The fraction of sp³-hybridized carbons (Fsp3) is 0.167. The number of hydrogen-bond donors (Lipinski definition) is 1. The second-order valence-corrected chi connectivity index (χ2v) is 8.22. The van der Waals surface area contributed by atoms with Gasteiger partial charge in [-0.05, 0) is 30.7 Å². The molecule has 0 aliphatic rings. The molecule has 0 bridgehead atoms. The Bertz CT molecular complexity index is 1120. The maximum Gasteiger partial charge on any atom is 0.277 e. The number of aromatic nitrogens is 2. The smallest absolute Gasteiger partial charge is 0.277 e. The van der Waals surface area contributed by atoms with E-state index in [2.05, 4.69) is 15.5 Å². The van der Waals surface area contributed by atoms with E-state index in [9.17, 15) is 14.9 Å². The molecule has 13 heteroatoms. The van der Waals surface area contributed by atoms with Gasteiger partial charge in [-0.1, -0.05) is 46.6 Å². The normalized spacial score (nSPS) is 10.7. The van der Waals surface area contributed by atoms with Crippen molar-refractivity contribution in [3.8, 4) is 5.75 Å². The van der Waals surface area contributed by atoms with Gasteiger partial charge in [0, 0.05) is 17.2 Å². The van der Waals surface area contributed by atoms with Crippen LogP contribution in [0, 0.1) is 17.0 Å². The van der Waals surface area contributed by atoms with Crippen LogP contribution in [0.1, 0.15) is 11.5 Å². The third-order valence-electron chi connectivity index (χ3n) is 3.77. The first-order chi connectivity index (χ1) is 14.7. The van der Waals surface area contributed by atoms with Crippen molar-refractivity contribution in [2.24, 2.45) is 0 Å². The monoisotopic (exact) mass is 502 g/mol. The number of non-ortho nitro benzene ring substituents is 1. The number of benzene rings is 2. The molecule has 1 amide bonds. The van der Waals surface area contributed by atoms with Gasteiger partial charge in [0.05, 0.1) is 26.4 Å². The number of aryl methyl sites for hydroxylation is 1. The topological polar surface area (TPSA) is 120 Å². The molecule has 0 atom stereocenters. The fourth-order valence-corrected chi connectivity index (χ4v) is 3.73. The lowest BCUT2D eigenvalue weighted by Gasteiger charge is -2.08. The van der Waals surface area contributed by atoms with Crippen LogP contribution in [0.15, 0.2) is 40.0 Å². The summed E-state index contributed by atoms with van der Waals surface area (Å²) in [7, 11) is 0. The molecular formula is C18H13Cl3N4O5S. The highest BCUT2D eigenvalue weighted by molar-refractivity contribution is 7.99. The van der Waals surface area contributed by atoms with Crippen molar-refractivity contribution in [1.29, 1.82) is 0 Å². The summed E-state index contributed by atoms with van der Waals surface area (Å²) in [6.45, 7) is 1.91. The Morgan fingerprint density at radius 3 is 2.58 bits per heavy atom. The molecule has 9 nitrogen and oxygen atoms in total.